The monoisotopic (exact) mass is 446 g/mol. The molecule has 0 saturated carbocycles. The van der Waals surface area contributed by atoms with E-state index >= 15 is 0 Å². The highest BCUT2D eigenvalue weighted by atomic mass is 19.1. The van der Waals surface area contributed by atoms with Crippen LogP contribution in [0.3, 0.4) is 0 Å². The fourth-order valence-corrected chi connectivity index (χ4v) is 4.11. The zero-order chi connectivity index (χ0) is 22.8. The van der Waals surface area contributed by atoms with Gasteiger partial charge in [0.25, 0.3) is 5.56 Å². The first kappa shape index (κ1) is 20.9. The van der Waals surface area contributed by atoms with Crippen molar-refractivity contribution in [2.24, 2.45) is 0 Å². The first-order chi connectivity index (χ1) is 16.1. The Morgan fingerprint density at radius 2 is 1.67 bits per heavy atom. The highest BCUT2D eigenvalue weighted by Crippen LogP contribution is 2.17. The van der Waals surface area contributed by atoms with Crippen LogP contribution in [-0.4, -0.2) is 56.3 Å². The maximum atomic E-state index is 13.2. The molecule has 3 heterocycles. The molecule has 0 aliphatic carbocycles. The van der Waals surface area contributed by atoms with E-state index in [1.54, 1.807) is 12.1 Å². The molecule has 0 unspecified atom stereocenters. The third-order valence-corrected chi connectivity index (χ3v) is 5.95. The van der Waals surface area contributed by atoms with Gasteiger partial charge in [-0.25, -0.2) is 14.1 Å². The molecule has 0 radical (unpaired) electrons. The predicted octanol–water partition coefficient (Wildman–Crippen LogP) is 2.46. The van der Waals surface area contributed by atoms with Gasteiger partial charge in [-0.05, 0) is 36.4 Å². The molecule has 0 spiro atoms. The number of amides is 1. The van der Waals surface area contributed by atoms with Gasteiger partial charge < -0.3 is 9.80 Å². The van der Waals surface area contributed by atoms with E-state index in [0.29, 0.717) is 29.8 Å². The summed E-state index contributed by atoms with van der Waals surface area (Å²) in [4.78, 5) is 34.1. The number of hydrogen-bond donors (Lipinski definition) is 0. The summed E-state index contributed by atoms with van der Waals surface area (Å²) in [6.45, 7) is 3.13. The molecule has 2 aromatic carbocycles. The lowest BCUT2D eigenvalue weighted by Crippen LogP contribution is -2.49. The first-order valence-electron chi connectivity index (χ1n) is 10.9. The summed E-state index contributed by atoms with van der Waals surface area (Å²) < 4.78 is 16.1. The molecule has 1 aliphatic heterocycles. The van der Waals surface area contributed by atoms with E-state index in [0.717, 1.165) is 18.8 Å². The van der Waals surface area contributed by atoms with Crippen molar-refractivity contribution < 1.29 is 9.18 Å². The van der Waals surface area contributed by atoms with Crippen LogP contribution >= 0.6 is 0 Å². The number of fused-ring (bicyclic) bond motifs is 1. The summed E-state index contributed by atoms with van der Waals surface area (Å²) >= 11 is 0. The summed E-state index contributed by atoms with van der Waals surface area (Å²) in [6.07, 6.45) is 3.12. The van der Waals surface area contributed by atoms with E-state index < -0.39 is 0 Å². The molecule has 168 valence electrons. The SMILES string of the molecule is O=C(CCn1cnc2c(cnn2-c2ccc(F)cc2)c1=O)N1CCN(c2ccccc2)CC1. The van der Waals surface area contributed by atoms with Gasteiger partial charge in [-0.2, -0.15) is 5.10 Å². The number of para-hydroxylation sites is 1. The minimum Gasteiger partial charge on any atom is -0.368 e. The minimum absolute atomic E-state index is 0.0247. The van der Waals surface area contributed by atoms with Gasteiger partial charge in [0.15, 0.2) is 5.65 Å². The van der Waals surface area contributed by atoms with Gasteiger partial charge in [-0.1, -0.05) is 18.2 Å². The largest absolute Gasteiger partial charge is 0.368 e. The van der Waals surface area contributed by atoms with Gasteiger partial charge in [0.1, 0.15) is 11.2 Å². The molecule has 5 rings (SSSR count). The lowest BCUT2D eigenvalue weighted by atomic mass is 10.2. The average Bonchev–Trinajstić information content (AvgIpc) is 3.29. The Kier molecular flexibility index (Phi) is 5.60. The number of carbonyl (C=O) groups excluding carboxylic acids is 1. The molecule has 2 aromatic heterocycles. The number of carbonyl (C=O) groups is 1. The van der Waals surface area contributed by atoms with Crippen LogP contribution in [0.25, 0.3) is 16.7 Å². The van der Waals surface area contributed by atoms with Gasteiger partial charge in [-0.15, -0.1) is 0 Å². The molecule has 0 bridgehead atoms. The molecule has 1 aliphatic rings. The Balaban J connectivity index is 1.24. The number of aryl methyl sites for hydroxylation is 1. The Bertz CT molecular complexity index is 1320. The standard InChI is InChI=1S/C24H23FN6O2/c25-18-6-8-20(9-7-18)31-23-21(16-27-31)24(33)30(17-26-23)11-10-22(32)29-14-12-28(13-15-29)19-4-2-1-3-5-19/h1-9,16-17H,10-15H2. The lowest BCUT2D eigenvalue weighted by Gasteiger charge is -2.36. The number of aromatic nitrogens is 4. The van der Waals surface area contributed by atoms with Gasteiger partial charge in [0.05, 0.1) is 18.2 Å². The second kappa shape index (κ2) is 8.85. The number of nitrogens with zero attached hydrogens (tertiary/aromatic N) is 6. The first-order valence-corrected chi connectivity index (χ1v) is 10.9. The van der Waals surface area contributed by atoms with Crippen molar-refractivity contribution in [3.63, 3.8) is 0 Å². The molecule has 8 nitrogen and oxygen atoms in total. The van der Waals surface area contributed by atoms with E-state index in [1.165, 1.54) is 33.9 Å². The van der Waals surface area contributed by atoms with Crippen molar-refractivity contribution in [3.05, 3.63) is 83.3 Å². The van der Waals surface area contributed by atoms with Gasteiger partial charge >= 0.3 is 0 Å². The molecule has 33 heavy (non-hydrogen) atoms. The number of benzene rings is 2. The quantitative estimate of drug-likeness (QED) is 0.471. The molecular formula is C24H23FN6O2. The Labute approximate surface area is 189 Å². The summed E-state index contributed by atoms with van der Waals surface area (Å²) in [5.41, 5.74) is 1.92. The summed E-state index contributed by atoms with van der Waals surface area (Å²) in [5.74, 6) is -0.326. The van der Waals surface area contributed by atoms with Crippen LogP contribution in [-0.2, 0) is 11.3 Å². The highest BCUT2D eigenvalue weighted by Gasteiger charge is 2.21. The zero-order valence-electron chi connectivity index (χ0n) is 18.0. The van der Waals surface area contributed by atoms with Crippen molar-refractivity contribution in [3.8, 4) is 5.69 Å². The van der Waals surface area contributed by atoms with Crippen molar-refractivity contribution in [2.45, 2.75) is 13.0 Å². The maximum Gasteiger partial charge on any atom is 0.264 e. The molecule has 1 amide bonds. The average molecular weight is 446 g/mol. The third kappa shape index (κ3) is 4.21. The topological polar surface area (TPSA) is 76.3 Å². The smallest absolute Gasteiger partial charge is 0.264 e. The van der Waals surface area contributed by atoms with E-state index in [9.17, 15) is 14.0 Å². The summed E-state index contributed by atoms with van der Waals surface area (Å²) in [5, 5.41) is 4.59. The summed E-state index contributed by atoms with van der Waals surface area (Å²) in [6, 6.07) is 16.0. The van der Waals surface area contributed by atoms with E-state index in [4.69, 9.17) is 0 Å². The Hall–Kier alpha value is -4.01. The minimum atomic E-state index is -0.350. The van der Waals surface area contributed by atoms with Gasteiger partial charge in [-0.3, -0.25) is 14.2 Å². The fraction of sp³-hybridized carbons (Fsp3) is 0.250. The van der Waals surface area contributed by atoms with Crippen LogP contribution in [0.15, 0.2) is 71.9 Å². The molecule has 9 heteroatoms. The molecule has 0 atom stereocenters. The molecule has 4 aromatic rings. The summed E-state index contributed by atoms with van der Waals surface area (Å²) in [7, 11) is 0. The third-order valence-electron chi connectivity index (χ3n) is 5.95. The maximum absolute atomic E-state index is 13.2. The number of hydrogen-bond acceptors (Lipinski definition) is 5. The van der Waals surface area contributed by atoms with E-state index in [2.05, 4.69) is 27.1 Å². The number of halogens is 1. The Morgan fingerprint density at radius 1 is 0.939 bits per heavy atom. The number of piperazine rings is 1. The molecule has 0 N–H and O–H groups in total. The molecule has 1 saturated heterocycles. The molecular weight excluding hydrogens is 423 g/mol. The van der Waals surface area contributed by atoms with E-state index in [1.807, 2.05) is 23.1 Å². The normalized spacial score (nSPS) is 14.1. The van der Waals surface area contributed by atoms with E-state index in [-0.39, 0.29) is 30.2 Å². The Morgan fingerprint density at radius 3 is 2.39 bits per heavy atom. The van der Waals surface area contributed by atoms with Crippen molar-refractivity contribution >= 4 is 22.6 Å². The van der Waals surface area contributed by atoms with Crippen molar-refractivity contribution in [2.75, 3.05) is 31.1 Å². The second-order valence-electron chi connectivity index (χ2n) is 7.97. The van der Waals surface area contributed by atoms with Gasteiger partial charge in [0.2, 0.25) is 5.91 Å². The van der Waals surface area contributed by atoms with Crippen LogP contribution in [0.5, 0.6) is 0 Å². The number of anilines is 1. The second-order valence-corrected chi connectivity index (χ2v) is 7.97. The lowest BCUT2D eigenvalue weighted by molar-refractivity contribution is -0.131. The predicted molar refractivity (Wildman–Crippen MR) is 123 cm³/mol. The highest BCUT2D eigenvalue weighted by molar-refractivity contribution is 5.77. The van der Waals surface area contributed by atoms with Crippen LogP contribution in [0.1, 0.15) is 6.42 Å². The fourth-order valence-electron chi connectivity index (χ4n) is 4.11. The van der Waals surface area contributed by atoms with Crippen molar-refractivity contribution in [1.29, 1.82) is 0 Å². The van der Waals surface area contributed by atoms with Crippen molar-refractivity contribution in [1.82, 2.24) is 24.2 Å². The molecule has 1 fully saturated rings. The zero-order valence-corrected chi connectivity index (χ0v) is 18.0. The van der Waals surface area contributed by atoms with Crippen LogP contribution in [0, 0.1) is 5.82 Å². The van der Waals surface area contributed by atoms with Crippen LogP contribution < -0.4 is 10.5 Å². The van der Waals surface area contributed by atoms with Gasteiger partial charge in [0, 0.05) is 44.8 Å². The van der Waals surface area contributed by atoms with Crippen LogP contribution in [0.2, 0.25) is 0 Å². The van der Waals surface area contributed by atoms with Crippen LogP contribution in [0.4, 0.5) is 10.1 Å². The number of rotatable bonds is 5.